The second-order valence-electron chi connectivity index (χ2n) is 5.74. The molecule has 2 heterocycles. The van der Waals surface area contributed by atoms with Crippen LogP contribution in [0, 0.1) is 0 Å². The van der Waals surface area contributed by atoms with Crippen LogP contribution in [0.15, 0.2) is 72.9 Å². The van der Waals surface area contributed by atoms with Crippen LogP contribution in [0.5, 0.6) is 0 Å². The van der Waals surface area contributed by atoms with Crippen molar-refractivity contribution in [3.63, 3.8) is 0 Å². The number of halogens is 1. The molecule has 5 rings (SSSR count). The number of nitrogens with zero attached hydrogens (tertiary/aromatic N) is 1. The van der Waals surface area contributed by atoms with Crippen molar-refractivity contribution in [1.29, 1.82) is 0 Å². The van der Waals surface area contributed by atoms with Gasteiger partial charge < -0.3 is 9.55 Å². The van der Waals surface area contributed by atoms with Crippen LogP contribution in [0.3, 0.4) is 0 Å². The van der Waals surface area contributed by atoms with Gasteiger partial charge in [0.2, 0.25) is 0 Å². The highest BCUT2D eigenvalue weighted by atomic mass is 35.5. The van der Waals surface area contributed by atoms with E-state index in [0.29, 0.717) is 0 Å². The zero-order chi connectivity index (χ0) is 15.4. The molecule has 2 aromatic heterocycles. The van der Waals surface area contributed by atoms with Crippen LogP contribution >= 0.6 is 11.6 Å². The van der Waals surface area contributed by atoms with Gasteiger partial charge in [-0.15, -0.1) is 0 Å². The number of aromatic nitrogens is 2. The monoisotopic (exact) mass is 316 g/mol. The van der Waals surface area contributed by atoms with Gasteiger partial charge in [-0.2, -0.15) is 0 Å². The van der Waals surface area contributed by atoms with Gasteiger partial charge in [-0.05, 0) is 30.3 Å². The lowest BCUT2D eigenvalue weighted by Crippen LogP contribution is -1.92. The third kappa shape index (κ3) is 1.76. The summed E-state index contributed by atoms with van der Waals surface area (Å²) in [6.45, 7) is 0. The summed E-state index contributed by atoms with van der Waals surface area (Å²) >= 11 is 6.57. The molecule has 0 aliphatic heterocycles. The summed E-state index contributed by atoms with van der Waals surface area (Å²) in [6.07, 6.45) is 2.08. The van der Waals surface area contributed by atoms with Crippen molar-refractivity contribution in [2.75, 3.05) is 0 Å². The molecule has 3 aromatic carbocycles. The maximum absolute atomic E-state index is 6.57. The number of H-pyrrole nitrogens is 1. The predicted octanol–water partition coefficient (Wildman–Crippen LogP) is 5.92. The Morgan fingerprint density at radius 2 is 1.57 bits per heavy atom. The van der Waals surface area contributed by atoms with Crippen molar-refractivity contribution < 1.29 is 0 Å². The predicted molar refractivity (Wildman–Crippen MR) is 97.6 cm³/mol. The summed E-state index contributed by atoms with van der Waals surface area (Å²) in [5, 5.41) is 4.21. The fourth-order valence-electron chi connectivity index (χ4n) is 3.39. The van der Waals surface area contributed by atoms with Gasteiger partial charge >= 0.3 is 0 Å². The quantitative estimate of drug-likeness (QED) is 0.396. The average molecular weight is 317 g/mol. The fourth-order valence-corrected chi connectivity index (χ4v) is 3.65. The molecule has 0 fully saturated rings. The second-order valence-corrected chi connectivity index (χ2v) is 6.14. The minimum absolute atomic E-state index is 0.784. The maximum atomic E-state index is 6.57. The van der Waals surface area contributed by atoms with E-state index in [1.54, 1.807) is 0 Å². The molecule has 0 bridgehead atoms. The highest BCUT2D eigenvalue weighted by molar-refractivity contribution is 6.38. The van der Waals surface area contributed by atoms with Gasteiger partial charge in [-0.3, -0.25) is 0 Å². The van der Waals surface area contributed by atoms with Gasteiger partial charge in [0, 0.05) is 33.6 Å². The Bertz CT molecular complexity index is 1170. The van der Waals surface area contributed by atoms with Crippen LogP contribution in [-0.4, -0.2) is 9.55 Å². The van der Waals surface area contributed by atoms with Gasteiger partial charge in [-0.1, -0.05) is 48.0 Å². The van der Waals surface area contributed by atoms with Crippen molar-refractivity contribution in [1.82, 2.24) is 9.55 Å². The first-order chi connectivity index (χ1) is 11.3. The van der Waals surface area contributed by atoms with E-state index in [9.17, 15) is 0 Å². The van der Waals surface area contributed by atoms with Gasteiger partial charge in [-0.25, -0.2) is 0 Å². The van der Waals surface area contributed by atoms with E-state index >= 15 is 0 Å². The second kappa shape index (κ2) is 4.64. The molecule has 0 saturated carbocycles. The molecule has 0 atom stereocenters. The largest absolute Gasteiger partial charge is 0.353 e. The minimum Gasteiger partial charge on any atom is -0.353 e. The molecule has 0 saturated heterocycles. The Labute approximate surface area is 137 Å². The standard InChI is InChI=1S/C20H13ClN2/c21-17-12-16-14-8-4-5-9-18(14)22-19(16)20-15(17)10-11-23(20)13-6-2-1-3-7-13/h1-12,22H. The van der Waals surface area contributed by atoms with Gasteiger partial charge in [0.1, 0.15) is 0 Å². The molecule has 0 spiro atoms. The van der Waals surface area contributed by atoms with E-state index in [1.165, 1.54) is 5.39 Å². The number of rotatable bonds is 1. The number of fused-ring (bicyclic) bond motifs is 5. The number of benzene rings is 3. The van der Waals surface area contributed by atoms with Gasteiger partial charge in [0.15, 0.2) is 0 Å². The van der Waals surface area contributed by atoms with Crippen molar-refractivity contribution in [2.24, 2.45) is 0 Å². The lowest BCUT2D eigenvalue weighted by molar-refractivity contribution is 1.13. The van der Waals surface area contributed by atoms with Crippen LogP contribution in [0.4, 0.5) is 0 Å². The molecule has 0 aliphatic rings. The Hall–Kier alpha value is -2.71. The average Bonchev–Trinajstić information content (AvgIpc) is 3.18. The summed E-state index contributed by atoms with van der Waals surface area (Å²) in [6, 6.07) is 22.8. The molecule has 0 unspecified atom stereocenters. The molecule has 3 heteroatoms. The minimum atomic E-state index is 0.784. The molecule has 0 amide bonds. The Balaban J connectivity index is 2.01. The zero-order valence-corrected chi connectivity index (χ0v) is 13.0. The van der Waals surface area contributed by atoms with Crippen LogP contribution in [0.25, 0.3) is 38.4 Å². The van der Waals surface area contributed by atoms with Gasteiger partial charge in [0.25, 0.3) is 0 Å². The lowest BCUT2D eigenvalue weighted by atomic mass is 10.1. The van der Waals surface area contributed by atoms with Crippen molar-refractivity contribution in [3.8, 4) is 5.69 Å². The van der Waals surface area contributed by atoms with E-state index in [1.807, 2.05) is 24.3 Å². The van der Waals surface area contributed by atoms with Crippen LogP contribution in [0.1, 0.15) is 0 Å². The number of hydrogen-bond donors (Lipinski definition) is 1. The first kappa shape index (κ1) is 12.8. The molecule has 5 aromatic rings. The third-order valence-electron chi connectivity index (χ3n) is 4.43. The summed E-state index contributed by atoms with van der Waals surface area (Å²) in [7, 11) is 0. The summed E-state index contributed by atoms with van der Waals surface area (Å²) in [5.74, 6) is 0. The molecule has 0 aliphatic carbocycles. The molecule has 0 radical (unpaired) electrons. The Kier molecular flexibility index (Phi) is 2.58. The third-order valence-corrected chi connectivity index (χ3v) is 4.74. The van der Waals surface area contributed by atoms with E-state index in [2.05, 4.69) is 58.2 Å². The number of hydrogen-bond acceptors (Lipinski definition) is 0. The summed E-state index contributed by atoms with van der Waals surface area (Å²) in [4.78, 5) is 3.56. The smallest absolute Gasteiger partial charge is 0.0786 e. The van der Waals surface area contributed by atoms with Crippen molar-refractivity contribution in [3.05, 3.63) is 77.9 Å². The van der Waals surface area contributed by atoms with Crippen LogP contribution < -0.4 is 0 Å². The Morgan fingerprint density at radius 1 is 0.783 bits per heavy atom. The zero-order valence-electron chi connectivity index (χ0n) is 12.3. The van der Waals surface area contributed by atoms with E-state index in [0.717, 1.165) is 38.0 Å². The van der Waals surface area contributed by atoms with Crippen LogP contribution in [0.2, 0.25) is 5.02 Å². The number of para-hydroxylation sites is 2. The molecule has 2 nitrogen and oxygen atoms in total. The van der Waals surface area contributed by atoms with Crippen molar-refractivity contribution in [2.45, 2.75) is 0 Å². The molecular weight excluding hydrogens is 304 g/mol. The van der Waals surface area contributed by atoms with E-state index < -0.39 is 0 Å². The van der Waals surface area contributed by atoms with Gasteiger partial charge in [0.05, 0.1) is 16.1 Å². The first-order valence-corrected chi connectivity index (χ1v) is 7.96. The normalized spacial score (nSPS) is 11.7. The number of nitrogens with one attached hydrogen (secondary N) is 1. The molecule has 23 heavy (non-hydrogen) atoms. The van der Waals surface area contributed by atoms with Crippen LogP contribution in [-0.2, 0) is 0 Å². The van der Waals surface area contributed by atoms with E-state index in [4.69, 9.17) is 11.6 Å². The maximum Gasteiger partial charge on any atom is 0.0786 e. The van der Waals surface area contributed by atoms with Crippen molar-refractivity contribution >= 4 is 44.3 Å². The first-order valence-electron chi connectivity index (χ1n) is 7.58. The topological polar surface area (TPSA) is 20.7 Å². The van der Waals surface area contributed by atoms with E-state index in [-0.39, 0.29) is 0 Å². The molecular formula is C20H13ClN2. The summed E-state index contributed by atoms with van der Waals surface area (Å²) in [5.41, 5.74) is 4.51. The number of aromatic amines is 1. The summed E-state index contributed by atoms with van der Waals surface area (Å²) < 4.78 is 2.19. The Morgan fingerprint density at radius 3 is 2.43 bits per heavy atom. The molecule has 1 N–H and O–H groups in total. The highest BCUT2D eigenvalue weighted by Gasteiger charge is 2.14. The fraction of sp³-hybridized carbons (Fsp3) is 0. The molecule has 110 valence electrons. The highest BCUT2D eigenvalue weighted by Crippen LogP contribution is 2.37. The lowest BCUT2D eigenvalue weighted by Gasteiger charge is -2.07. The SMILES string of the molecule is Clc1cc2c3ccccc3[nH]c2c2c1ccn2-c1ccccc1.